The van der Waals surface area contributed by atoms with E-state index in [1.807, 2.05) is 11.0 Å². The van der Waals surface area contributed by atoms with E-state index < -0.39 is 0 Å². The molecule has 3 aromatic rings. The lowest BCUT2D eigenvalue weighted by Crippen LogP contribution is -2.31. The van der Waals surface area contributed by atoms with Gasteiger partial charge in [-0.2, -0.15) is 0 Å². The molecule has 0 unspecified atom stereocenters. The van der Waals surface area contributed by atoms with Gasteiger partial charge in [0.2, 0.25) is 0 Å². The van der Waals surface area contributed by atoms with Gasteiger partial charge in [0.25, 0.3) is 5.91 Å². The first kappa shape index (κ1) is 15.9. The van der Waals surface area contributed by atoms with Crippen LogP contribution in [0.4, 0.5) is 0 Å². The van der Waals surface area contributed by atoms with E-state index in [1.54, 1.807) is 6.07 Å². The molecular formula is C19H22N4O2. The Balaban J connectivity index is 1.61. The quantitative estimate of drug-likeness (QED) is 0.785. The predicted molar refractivity (Wildman–Crippen MR) is 94.3 cm³/mol. The third kappa shape index (κ3) is 2.92. The first-order chi connectivity index (χ1) is 12.2. The van der Waals surface area contributed by atoms with Crippen LogP contribution in [-0.4, -0.2) is 32.5 Å². The number of aryl methyl sites for hydroxylation is 2. The molecular weight excluding hydrogens is 316 g/mol. The highest BCUT2D eigenvalue weighted by atomic mass is 16.5. The number of nitrogens with one attached hydrogen (secondary N) is 1. The van der Waals surface area contributed by atoms with Crippen molar-refractivity contribution in [1.82, 2.24) is 20.0 Å². The van der Waals surface area contributed by atoms with Gasteiger partial charge < -0.3 is 14.4 Å². The Morgan fingerprint density at radius 3 is 3.12 bits per heavy atom. The van der Waals surface area contributed by atoms with Crippen molar-refractivity contribution in [1.29, 1.82) is 0 Å². The molecule has 1 aliphatic rings. The smallest absolute Gasteiger partial charge is 0.276 e. The minimum atomic E-state index is -0.0785. The lowest BCUT2D eigenvalue weighted by atomic mass is 10.2. The molecule has 0 aliphatic carbocycles. The summed E-state index contributed by atoms with van der Waals surface area (Å²) in [6, 6.07) is 7.88. The lowest BCUT2D eigenvalue weighted by molar-refractivity contribution is 0.0720. The second-order valence-corrected chi connectivity index (χ2v) is 6.73. The van der Waals surface area contributed by atoms with E-state index in [9.17, 15) is 4.79 Å². The summed E-state index contributed by atoms with van der Waals surface area (Å²) in [7, 11) is 0. The largest absolute Gasteiger partial charge is 0.361 e. The van der Waals surface area contributed by atoms with E-state index in [-0.39, 0.29) is 11.9 Å². The number of rotatable bonds is 4. The minimum Gasteiger partial charge on any atom is -0.361 e. The number of likely N-dealkylation sites (tertiary alicyclic amines) is 1. The summed E-state index contributed by atoms with van der Waals surface area (Å²) in [6.07, 6.45) is 3.64. The molecule has 6 heteroatoms. The van der Waals surface area contributed by atoms with Crippen molar-refractivity contribution in [3.05, 3.63) is 47.1 Å². The zero-order valence-corrected chi connectivity index (χ0v) is 14.6. The van der Waals surface area contributed by atoms with Crippen molar-refractivity contribution in [3.8, 4) is 0 Å². The van der Waals surface area contributed by atoms with Gasteiger partial charge in [-0.25, -0.2) is 4.98 Å². The number of aromatic nitrogens is 3. The summed E-state index contributed by atoms with van der Waals surface area (Å²) < 4.78 is 5.27. The SMILES string of the molecule is CCCc1cc(C(=O)N2CCC[C@H]2c2nc3ccc(C)cc3[nH]2)no1. The predicted octanol–water partition coefficient (Wildman–Crippen LogP) is 3.79. The number of aromatic amines is 1. The summed E-state index contributed by atoms with van der Waals surface area (Å²) in [5.41, 5.74) is 3.53. The third-order valence-electron chi connectivity index (χ3n) is 4.76. The van der Waals surface area contributed by atoms with Gasteiger partial charge in [0.05, 0.1) is 17.1 Å². The van der Waals surface area contributed by atoms with Crippen LogP contribution in [0.15, 0.2) is 28.8 Å². The lowest BCUT2D eigenvalue weighted by Gasteiger charge is -2.21. The average Bonchev–Trinajstić information content (AvgIpc) is 3.32. The summed E-state index contributed by atoms with van der Waals surface area (Å²) in [6.45, 7) is 4.85. The first-order valence-corrected chi connectivity index (χ1v) is 8.88. The Morgan fingerprint density at radius 2 is 2.28 bits per heavy atom. The van der Waals surface area contributed by atoms with Gasteiger partial charge in [0, 0.05) is 19.0 Å². The molecule has 0 spiro atoms. The normalized spacial score (nSPS) is 17.5. The number of benzene rings is 1. The second-order valence-electron chi connectivity index (χ2n) is 6.73. The van der Waals surface area contributed by atoms with Gasteiger partial charge in [-0.1, -0.05) is 18.1 Å². The molecule has 0 saturated carbocycles. The summed E-state index contributed by atoms with van der Waals surface area (Å²) >= 11 is 0. The van der Waals surface area contributed by atoms with Crippen molar-refractivity contribution in [2.75, 3.05) is 6.54 Å². The number of hydrogen-bond acceptors (Lipinski definition) is 4. The molecule has 130 valence electrons. The van der Waals surface area contributed by atoms with E-state index in [0.717, 1.165) is 54.8 Å². The van der Waals surface area contributed by atoms with Crippen molar-refractivity contribution in [3.63, 3.8) is 0 Å². The highest BCUT2D eigenvalue weighted by Crippen LogP contribution is 2.32. The van der Waals surface area contributed by atoms with E-state index >= 15 is 0 Å². The van der Waals surface area contributed by atoms with Crippen molar-refractivity contribution >= 4 is 16.9 Å². The average molecular weight is 338 g/mol. The van der Waals surface area contributed by atoms with Gasteiger partial charge in [-0.3, -0.25) is 4.79 Å². The fourth-order valence-electron chi connectivity index (χ4n) is 3.52. The summed E-state index contributed by atoms with van der Waals surface area (Å²) in [5.74, 6) is 1.54. The first-order valence-electron chi connectivity index (χ1n) is 8.88. The highest BCUT2D eigenvalue weighted by Gasteiger charge is 2.34. The number of carbonyl (C=O) groups is 1. The van der Waals surface area contributed by atoms with Crippen LogP contribution in [0, 0.1) is 6.92 Å². The Bertz CT molecular complexity index is 911. The van der Waals surface area contributed by atoms with Gasteiger partial charge in [-0.05, 0) is 43.9 Å². The molecule has 1 saturated heterocycles. The monoisotopic (exact) mass is 338 g/mol. The molecule has 3 heterocycles. The van der Waals surface area contributed by atoms with Crippen molar-refractivity contribution < 1.29 is 9.32 Å². The molecule has 1 fully saturated rings. The van der Waals surface area contributed by atoms with Gasteiger partial charge >= 0.3 is 0 Å². The van der Waals surface area contributed by atoms with Gasteiger partial charge in [-0.15, -0.1) is 0 Å². The molecule has 0 radical (unpaired) electrons. The Hall–Kier alpha value is -2.63. The molecule has 25 heavy (non-hydrogen) atoms. The Labute approximate surface area is 146 Å². The van der Waals surface area contributed by atoms with Gasteiger partial charge in [0.15, 0.2) is 5.69 Å². The van der Waals surface area contributed by atoms with Gasteiger partial charge in [0.1, 0.15) is 11.6 Å². The minimum absolute atomic E-state index is 0.0356. The maximum absolute atomic E-state index is 12.9. The van der Waals surface area contributed by atoms with Crippen molar-refractivity contribution in [2.45, 2.75) is 45.6 Å². The maximum atomic E-state index is 12.9. The van der Waals surface area contributed by atoms with Crippen LogP contribution in [0.25, 0.3) is 11.0 Å². The summed E-state index contributed by atoms with van der Waals surface area (Å²) in [5, 5.41) is 3.96. The topological polar surface area (TPSA) is 75.0 Å². The zero-order valence-electron chi connectivity index (χ0n) is 14.6. The van der Waals surface area contributed by atoms with Crippen molar-refractivity contribution in [2.24, 2.45) is 0 Å². The number of hydrogen-bond donors (Lipinski definition) is 1. The standard InChI is InChI=1S/C19H22N4O2/c1-3-5-13-11-16(22-25-13)19(24)23-9-4-6-17(23)18-20-14-8-7-12(2)10-15(14)21-18/h7-8,10-11,17H,3-6,9H2,1-2H3,(H,20,21)/t17-/m0/s1. The van der Waals surface area contributed by atoms with E-state index in [0.29, 0.717) is 5.69 Å². The Kier molecular flexibility index (Phi) is 4.03. The number of H-pyrrole nitrogens is 1. The third-order valence-corrected chi connectivity index (χ3v) is 4.76. The summed E-state index contributed by atoms with van der Waals surface area (Å²) in [4.78, 5) is 22.8. The van der Waals surface area contributed by atoms with Crippen LogP contribution in [0.2, 0.25) is 0 Å². The van der Waals surface area contributed by atoms with Crippen LogP contribution in [0.3, 0.4) is 0 Å². The number of amides is 1. The van der Waals surface area contributed by atoms with Crippen LogP contribution < -0.4 is 0 Å². The van der Waals surface area contributed by atoms with Crippen LogP contribution in [-0.2, 0) is 6.42 Å². The molecule has 2 aromatic heterocycles. The number of carbonyl (C=O) groups excluding carboxylic acids is 1. The number of imidazole rings is 1. The molecule has 0 bridgehead atoms. The Morgan fingerprint density at radius 1 is 1.40 bits per heavy atom. The van der Waals surface area contributed by atoms with E-state index in [4.69, 9.17) is 9.51 Å². The zero-order chi connectivity index (χ0) is 17.4. The molecule has 1 aromatic carbocycles. The molecule has 6 nitrogen and oxygen atoms in total. The molecule has 1 amide bonds. The van der Waals surface area contributed by atoms with Crippen LogP contribution in [0.1, 0.15) is 59.9 Å². The fourth-order valence-corrected chi connectivity index (χ4v) is 3.52. The molecule has 1 atom stereocenters. The van der Waals surface area contributed by atoms with Crippen LogP contribution in [0.5, 0.6) is 0 Å². The van der Waals surface area contributed by atoms with E-state index in [2.05, 4.69) is 36.1 Å². The molecule has 4 rings (SSSR count). The molecule has 1 aliphatic heterocycles. The van der Waals surface area contributed by atoms with E-state index in [1.165, 1.54) is 5.56 Å². The highest BCUT2D eigenvalue weighted by molar-refractivity contribution is 5.92. The fraction of sp³-hybridized carbons (Fsp3) is 0.421. The maximum Gasteiger partial charge on any atom is 0.276 e. The second kappa shape index (κ2) is 6.35. The molecule has 1 N–H and O–H groups in total. The number of fused-ring (bicyclic) bond motifs is 1. The van der Waals surface area contributed by atoms with Crippen LogP contribution >= 0.6 is 0 Å². The number of nitrogens with zero attached hydrogens (tertiary/aromatic N) is 3.